The summed E-state index contributed by atoms with van der Waals surface area (Å²) in [5.41, 5.74) is 0. The average Bonchev–Trinajstić information content (AvgIpc) is 3.04. The Morgan fingerprint density at radius 3 is 1.44 bits per heavy atom. The Labute approximate surface area is 162 Å². The van der Waals surface area contributed by atoms with Crippen LogP contribution in [0, 0.1) is 5.92 Å². The Morgan fingerprint density at radius 2 is 1.11 bits per heavy atom. The van der Waals surface area contributed by atoms with Crippen molar-refractivity contribution >= 4 is 29.7 Å². The van der Waals surface area contributed by atoms with Crippen molar-refractivity contribution in [3.63, 3.8) is 0 Å². The van der Waals surface area contributed by atoms with Crippen LogP contribution in [0.1, 0.15) is 19.8 Å². The normalized spacial score (nSPS) is 20.0. The standard InChI is InChI=1S/C24H24O2Si/c1-19-17-20(25)18-24(19)26-27(21-11-5-2-6-12-21,22-13-7-3-8-14-22)23-15-9-4-10-16-23/h2-16,19,24H,17-18H2,1H3/t19-,24+/m1/s1. The third-order valence-corrected chi connectivity index (χ3v) is 9.58. The van der Waals surface area contributed by atoms with Gasteiger partial charge < -0.3 is 4.43 Å². The maximum atomic E-state index is 12.1. The summed E-state index contributed by atoms with van der Waals surface area (Å²) in [4.78, 5) is 12.1. The zero-order valence-corrected chi connectivity index (χ0v) is 16.5. The minimum absolute atomic E-state index is 0.0372. The summed E-state index contributed by atoms with van der Waals surface area (Å²) in [6.45, 7) is 2.13. The highest BCUT2D eigenvalue weighted by Crippen LogP contribution is 2.28. The highest BCUT2D eigenvalue weighted by molar-refractivity contribution is 7.07. The number of carbonyl (C=O) groups excluding carboxylic acids is 1. The molecule has 0 bridgehead atoms. The lowest BCUT2D eigenvalue weighted by molar-refractivity contribution is -0.117. The fourth-order valence-corrected chi connectivity index (χ4v) is 8.27. The van der Waals surface area contributed by atoms with E-state index in [9.17, 15) is 4.79 Å². The van der Waals surface area contributed by atoms with Crippen molar-refractivity contribution in [1.29, 1.82) is 0 Å². The lowest BCUT2D eigenvalue weighted by Gasteiger charge is -2.36. The molecule has 0 aromatic heterocycles. The van der Waals surface area contributed by atoms with Gasteiger partial charge >= 0.3 is 0 Å². The van der Waals surface area contributed by atoms with Crippen LogP contribution in [0.4, 0.5) is 0 Å². The first-order valence-corrected chi connectivity index (χ1v) is 11.5. The van der Waals surface area contributed by atoms with Gasteiger partial charge in [0.15, 0.2) is 0 Å². The van der Waals surface area contributed by atoms with Crippen molar-refractivity contribution in [3.8, 4) is 0 Å². The summed E-state index contributed by atoms with van der Waals surface area (Å²) < 4.78 is 7.06. The molecule has 1 saturated carbocycles. The molecule has 0 spiro atoms. The highest BCUT2D eigenvalue weighted by Gasteiger charge is 2.46. The van der Waals surface area contributed by atoms with Crippen molar-refractivity contribution in [2.45, 2.75) is 25.9 Å². The van der Waals surface area contributed by atoms with Gasteiger partial charge in [-0.25, -0.2) is 0 Å². The molecule has 0 radical (unpaired) electrons. The lowest BCUT2D eigenvalue weighted by Crippen LogP contribution is -2.70. The van der Waals surface area contributed by atoms with E-state index in [1.54, 1.807) is 0 Å². The molecule has 0 unspecified atom stereocenters. The molecule has 1 aliphatic rings. The molecule has 2 nitrogen and oxygen atoms in total. The summed E-state index contributed by atoms with van der Waals surface area (Å²) in [6, 6.07) is 31.6. The highest BCUT2D eigenvalue weighted by atomic mass is 28.4. The summed E-state index contributed by atoms with van der Waals surface area (Å²) >= 11 is 0. The van der Waals surface area contributed by atoms with E-state index in [0.29, 0.717) is 18.6 Å². The molecule has 4 rings (SSSR count). The van der Waals surface area contributed by atoms with Gasteiger partial charge in [0.25, 0.3) is 8.32 Å². The third kappa shape index (κ3) is 3.41. The first-order valence-electron chi connectivity index (χ1n) is 9.56. The molecule has 0 heterocycles. The summed E-state index contributed by atoms with van der Waals surface area (Å²) in [7, 11) is -2.71. The van der Waals surface area contributed by atoms with Crippen LogP contribution in [0.25, 0.3) is 0 Å². The fourth-order valence-electron chi connectivity index (χ4n) is 4.11. The van der Waals surface area contributed by atoms with E-state index in [2.05, 4.69) is 79.7 Å². The molecule has 1 aliphatic carbocycles. The van der Waals surface area contributed by atoms with Crippen molar-refractivity contribution in [2.24, 2.45) is 5.92 Å². The first-order chi connectivity index (χ1) is 13.2. The number of ketones is 1. The quantitative estimate of drug-likeness (QED) is 0.508. The maximum absolute atomic E-state index is 12.1. The van der Waals surface area contributed by atoms with Crippen LogP contribution in [0.2, 0.25) is 0 Å². The SMILES string of the molecule is C[C@@H]1CC(=O)C[C@@H]1O[Si](c1ccccc1)(c1ccccc1)c1ccccc1. The zero-order chi connectivity index (χ0) is 18.7. The molecule has 0 aliphatic heterocycles. The van der Waals surface area contributed by atoms with Crippen LogP contribution in [-0.4, -0.2) is 20.2 Å². The summed E-state index contributed by atoms with van der Waals surface area (Å²) in [5, 5.41) is 3.65. The van der Waals surface area contributed by atoms with E-state index in [0.717, 1.165) is 0 Å². The van der Waals surface area contributed by atoms with E-state index < -0.39 is 8.32 Å². The van der Waals surface area contributed by atoms with Gasteiger partial charge in [0.1, 0.15) is 5.78 Å². The van der Waals surface area contributed by atoms with Crippen LogP contribution < -0.4 is 15.6 Å². The van der Waals surface area contributed by atoms with Gasteiger partial charge in [0.2, 0.25) is 0 Å². The smallest absolute Gasteiger partial charge is 0.288 e. The Kier molecular flexibility index (Phi) is 5.06. The number of hydrogen-bond acceptors (Lipinski definition) is 2. The predicted octanol–water partition coefficient (Wildman–Crippen LogP) is 3.04. The van der Waals surface area contributed by atoms with E-state index in [1.165, 1.54) is 15.6 Å². The number of Topliss-reactive ketones (excluding diaryl/α,β-unsaturated/α-hetero) is 1. The van der Waals surface area contributed by atoms with Gasteiger partial charge in [-0.2, -0.15) is 0 Å². The van der Waals surface area contributed by atoms with Gasteiger partial charge in [-0.3, -0.25) is 4.79 Å². The second-order valence-electron chi connectivity index (χ2n) is 7.36. The minimum Gasteiger partial charge on any atom is -0.400 e. The Morgan fingerprint density at radius 1 is 0.704 bits per heavy atom. The molecule has 27 heavy (non-hydrogen) atoms. The van der Waals surface area contributed by atoms with Gasteiger partial charge in [-0.1, -0.05) is 97.9 Å². The van der Waals surface area contributed by atoms with Crippen LogP contribution in [0.5, 0.6) is 0 Å². The number of hydrogen-bond donors (Lipinski definition) is 0. The van der Waals surface area contributed by atoms with Crippen molar-refractivity contribution < 1.29 is 9.22 Å². The predicted molar refractivity (Wildman–Crippen MR) is 112 cm³/mol. The molecular weight excluding hydrogens is 348 g/mol. The van der Waals surface area contributed by atoms with Gasteiger partial charge in [0.05, 0.1) is 6.10 Å². The second-order valence-corrected chi connectivity index (χ2v) is 10.7. The molecule has 2 atom stereocenters. The fraction of sp³-hybridized carbons (Fsp3) is 0.208. The Hall–Kier alpha value is -2.49. The van der Waals surface area contributed by atoms with Crippen molar-refractivity contribution in [2.75, 3.05) is 0 Å². The molecule has 3 aromatic rings. The van der Waals surface area contributed by atoms with E-state index in [1.807, 2.05) is 18.2 Å². The third-order valence-electron chi connectivity index (χ3n) is 5.48. The number of rotatable bonds is 5. The molecular formula is C24H24O2Si. The molecule has 0 saturated heterocycles. The van der Waals surface area contributed by atoms with E-state index >= 15 is 0 Å². The largest absolute Gasteiger partial charge is 0.400 e. The number of benzene rings is 3. The van der Waals surface area contributed by atoms with Crippen LogP contribution in [-0.2, 0) is 9.22 Å². The average molecular weight is 373 g/mol. The Balaban J connectivity index is 1.93. The topological polar surface area (TPSA) is 26.3 Å². The molecule has 136 valence electrons. The minimum atomic E-state index is -2.71. The van der Waals surface area contributed by atoms with E-state index in [4.69, 9.17) is 4.43 Å². The lowest BCUT2D eigenvalue weighted by atomic mass is 10.1. The molecule has 1 fully saturated rings. The summed E-state index contributed by atoms with van der Waals surface area (Å²) in [5.74, 6) is 0.560. The second kappa shape index (κ2) is 7.63. The summed E-state index contributed by atoms with van der Waals surface area (Å²) in [6.07, 6.45) is 1.10. The van der Waals surface area contributed by atoms with Gasteiger partial charge in [0, 0.05) is 12.8 Å². The first kappa shape index (κ1) is 17.9. The van der Waals surface area contributed by atoms with Gasteiger partial charge in [-0.05, 0) is 21.5 Å². The zero-order valence-electron chi connectivity index (χ0n) is 15.5. The number of carbonyl (C=O) groups is 1. The molecule has 0 amide bonds. The maximum Gasteiger partial charge on any atom is 0.288 e. The van der Waals surface area contributed by atoms with Gasteiger partial charge in [-0.15, -0.1) is 0 Å². The van der Waals surface area contributed by atoms with Crippen LogP contribution in [0.15, 0.2) is 91.0 Å². The van der Waals surface area contributed by atoms with Crippen LogP contribution in [0.3, 0.4) is 0 Å². The molecule has 3 aromatic carbocycles. The molecule has 3 heteroatoms. The Bertz CT molecular complexity index is 797. The van der Waals surface area contributed by atoms with Crippen molar-refractivity contribution in [3.05, 3.63) is 91.0 Å². The van der Waals surface area contributed by atoms with Crippen LogP contribution >= 0.6 is 0 Å². The monoisotopic (exact) mass is 372 g/mol. The molecule has 0 N–H and O–H groups in total. The van der Waals surface area contributed by atoms with E-state index in [-0.39, 0.29) is 12.0 Å². The van der Waals surface area contributed by atoms with Crippen molar-refractivity contribution in [1.82, 2.24) is 0 Å².